The largest absolute Gasteiger partial charge is 0.352 e. The molecule has 1 saturated heterocycles. The highest BCUT2D eigenvalue weighted by molar-refractivity contribution is 5.82. The lowest BCUT2D eigenvalue weighted by Crippen LogP contribution is -2.52. The molecule has 0 aliphatic carbocycles. The maximum absolute atomic E-state index is 11.9. The normalized spacial score (nSPS) is 26.7. The van der Waals surface area contributed by atoms with Gasteiger partial charge in [0.25, 0.3) is 0 Å². The van der Waals surface area contributed by atoms with Crippen molar-refractivity contribution in [1.82, 2.24) is 10.6 Å². The second-order valence-corrected chi connectivity index (χ2v) is 4.57. The molecule has 0 aromatic rings. The minimum atomic E-state index is 0.0364. The predicted octanol–water partition coefficient (Wildman–Crippen LogP) is 1.82. The zero-order chi connectivity index (χ0) is 11.3. The van der Waals surface area contributed by atoms with E-state index in [-0.39, 0.29) is 11.9 Å². The average Bonchev–Trinajstić information content (AvgIpc) is 2.25. The number of carbonyl (C=O) groups excluding carboxylic acids is 1. The van der Waals surface area contributed by atoms with E-state index in [9.17, 15) is 4.79 Å². The van der Waals surface area contributed by atoms with Gasteiger partial charge in [-0.25, -0.2) is 0 Å². The van der Waals surface area contributed by atoms with E-state index >= 15 is 0 Å². The molecule has 0 aromatic heterocycles. The second-order valence-electron chi connectivity index (χ2n) is 4.57. The van der Waals surface area contributed by atoms with Gasteiger partial charge in [0.05, 0.1) is 6.04 Å². The lowest BCUT2D eigenvalue weighted by Gasteiger charge is -2.29. The number of piperidine rings is 1. The highest BCUT2D eigenvalue weighted by atomic mass is 16.2. The van der Waals surface area contributed by atoms with Crippen LogP contribution in [0.1, 0.15) is 52.9 Å². The summed E-state index contributed by atoms with van der Waals surface area (Å²) in [6.07, 6.45) is 5.37. The van der Waals surface area contributed by atoms with E-state index in [1.165, 1.54) is 6.42 Å². The molecule has 0 saturated carbocycles. The lowest BCUT2D eigenvalue weighted by atomic mass is 9.98. The van der Waals surface area contributed by atoms with Crippen molar-refractivity contribution in [3.63, 3.8) is 0 Å². The Bertz CT molecular complexity index is 202. The molecule has 1 fully saturated rings. The monoisotopic (exact) mass is 212 g/mol. The molecule has 15 heavy (non-hydrogen) atoms. The average molecular weight is 212 g/mol. The topological polar surface area (TPSA) is 41.1 Å². The van der Waals surface area contributed by atoms with E-state index in [4.69, 9.17) is 0 Å². The van der Waals surface area contributed by atoms with Crippen LogP contribution in [0.25, 0.3) is 0 Å². The Balaban J connectivity index is 2.38. The molecule has 1 amide bonds. The van der Waals surface area contributed by atoms with Gasteiger partial charge in [-0.1, -0.05) is 13.8 Å². The van der Waals surface area contributed by atoms with Gasteiger partial charge in [0.1, 0.15) is 0 Å². The van der Waals surface area contributed by atoms with Gasteiger partial charge in [-0.2, -0.15) is 0 Å². The standard InChI is InChI=1S/C12H24N2O/c1-4-10(5-2)14-12(15)11-8-6-7-9(3)13-11/h9-11,13H,4-8H2,1-3H3,(H,14,15). The van der Waals surface area contributed by atoms with Crippen molar-refractivity contribution < 1.29 is 4.79 Å². The van der Waals surface area contributed by atoms with E-state index in [0.717, 1.165) is 25.7 Å². The molecule has 88 valence electrons. The van der Waals surface area contributed by atoms with Gasteiger partial charge < -0.3 is 10.6 Å². The molecule has 0 spiro atoms. The number of rotatable bonds is 4. The van der Waals surface area contributed by atoms with Crippen LogP contribution in [0.2, 0.25) is 0 Å². The van der Waals surface area contributed by atoms with Crippen molar-refractivity contribution in [2.75, 3.05) is 0 Å². The van der Waals surface area contributed by atoms with Crippen molar-refractivity contribution in [2.45, 2.75) is 71.0 Å². The van der Waals surface area contributed by atoms with Crippen LogP contribution in [0.3, 0.4) is 0 Å². The third kappa shape index (κ3) is 3.82. The lowest BCUT2D eigenvalue weighted by molar-refractivity contribution is -0.124. The molecule has 0 radical (unpaired) electrons. The summed E-state index contributed by atoms with van der Waals surface area (Å²) in [5, 5.41) is 6.46. The van der Waals surface area contributed by atoms with E-state index in [1.807, 2.05) is 0 Å². The first-order valence-electron chi connectivity index (χ1n) is 6.23. The summed E-state index contributed by atoms with van der Waals surface area (Å²) >= 11 is 0. The smallest absolute Gasteiger partial charge is 0.237 e. The van der Waals surface area contributed by atoms with Gasteiger partial charge in [0.2, 0.25) is 5.91 Å². The Morgan fingerprint density at radius 2 is 2.07 bits per heavy atom. The Morgan fingerprint density at radius 3 is 2.60 bits per heavy atom. The Morgan fingerprint density at radius 1 is 1.40 bits per heavy atom. The first-order chi connectivity index (χ1) is 7.17. The van der Waals surface area contributed by atoms with E-state index in [1.54, 1.807) is 0 Å². The molecule has 3 heteroatoms. The van der Waals surface area contributed by atoms with Crippen LogP contribution in [0.5, 0.6) is 0 Å². The van der Waals surface area contributed by atoms with Crippen molar-refractivity contribution in [1.29, 1.82) is 0 Å². The molecule has 2 atom stereocenters. The molecule has 2 N–H and O–H groups in total. The van der Waals surface area contributed by atoms with Gasteiger partial charge >= 0.3 is 0 Å². The van der Waals surface area contributed by atoms with Crippen molar-refractivity contribution in [3.05, 3.63) is 0 Å². The fraction of sp³-hybridized carbons (Fsp3) is 0.917. The molecule has 3 nitrogen and oxygen atoms in total. The Labute approximate surface area is 93.0 Å². The van der Waals surface area contributed by atoms with Crippen LogP contribution in [-0.4, -0.2) is 24.0 Å². The Hall–Kier alpha value is -0.570. The van der Waals surface area contributed by atoms with Gasteiger partial charge in [-0.15, -0.1) is 0 Å². The number of carbonyl (C=O) groups is 1. The number of hydrogen-bond donors (Lipinski definition) is 2. The summed E-state index contributed by atoms with van der Waals surface area (Å²) in [4.78, 5) is 11.9. The quantitative estimate of drug-likeness (QED) is 0.746. The summed E-state index contributed by atoms with van der Waals surface area (Å²) in [6.45, 7) is 6.38. The molecule has 1 aliphatic rings. The third-order valence-corrected chi connectivity index (χ3v) is 3.26. The number of amides is 1. The SMILES string of the molecule is CCC(CC)NC(=O)C1CCCC(C)N1. The zero-order valence-electron chi connectivity index (χ0n) is 10.2. The molecular weight excluding hydrogens is 188 g/mol. The van der Waals surface area contributed by atoms with Crippen LogP contribution in [0.15, 0.2) is 0 Å². The van der Waals surface area contributed by atoms with Crippen molar-refractivity contribution in [3.8, 4) is 0 Å². The van der Waals surface area contributed by atoms with Crippen molar-refractivity contribution in [2.24, 2.45) is 0 Å². The van der Waals surface area contributed by atoms with Gasteiger partial charge in [-0.3, -0.25) is 4.79 Å². The fourth-order valence-electron chi connectivity index (χ4n) is 2.14. The van der Waals surface area contributed by atoms with E-state index < -0.39 is 0 Å². The summed E-state index contributed by atoms with van der Waals surface area (Å²) in [7, 11) is 0. The van der Waals surface area contributed by atoms with E-state index in [2.05, 4.69) is 31.4 Å². The number of hydrogen-bond acceptors (Lipinski definition) is 2. The minimum absolute atomic E-state index is 0.0364. The molecule has 2 unspecified atom stereocenters. The molecule has 0 aromatic carbocycles. The summed E-state index contributed by atoms with van der Waals surface area (Å²) < 4.78 is 0. The first-order valence-corrected chi connectivity index (χ1v) is 6.23. The van der Waals surface area contributed by atoms with Crippen LogP contribution < -0.4 is 10.6 Å². The van der Waals surface area contributed by atoms with Crippen LogP contribution >= 0.6 is 0 Å². The zero-order valence-corrected chi connectivity index (χ0v) is 10.2. The van der Waals surface area contributed by atoms with E-state index in [0.29, 0.717) is 12.1 Å². The van der Waals surface area contributed by atoms with Crippen LogP contribution in [-0.2, 0) is 4.79 Å². The minimum Gasteiger partial charge on any atom is -0.352 e. The van der Waals surface area contributed by atoms with Crippen molar-refractivity contribution >= 4 is 5.91 Å². The molecular formula is C12H24N2O. The van der Waals surface area contributed by atoms with Gasteiger partial charge in [0, 0.05) is 12.1 Å². The maximum Gasteiger partial charge on any atom is 0.237 e. The summed E-state index contributed by atoms with van der Waals surface area (Å²) in [5.74, 6) is 0.190. The van der Waals surface area contributed by atoms with Gasteiger partial charge in [-0.05, 0) is 39.0 Å². The summed E-state index contributed by atoms with van der Waals surface area (Å²) in [6, 6.07) is 0.863. The Kier molecular flexibility index (Phi) is 5.09. The molecule has 1 heterocycles. The molecule has 0 bridgehead atoms. The highest BCUT2D eigenvalue weighted by Gasteiger charge is 2.24. The van der Waals surface area contributed by atoms with Crippen LogP contribution in [0, 0.1) is 0 Å². The third-order valence-electron chi connectivity index (χ3n) is 3.26. The first kappa shape index (κ1) is 12.5. The van der Waals surface area contributed by atoms with Crippen LogP contribution in [0.4, 0.5) is 0 Å². The molecule has 1 aliphatic heterocycles. The highest BCUT2D eigenvalue weighted by Crippen LogP contribution is 2.12. The fourth-order valence-corrected chi connectivity index (χ4v) is 2.14. The number of nitrogens with one attached hydrogen (secondary N) is 2. The summed E-state index contributed by atoms with van der Waals surface area (Å²) in [5.41, 5.74) is 0. The predicted molar refractivity (Wildman–Crippen MR) is 62.7 cm³/mol. The molecule has 1 rings (SSSR count). The second kappa shape index (κ2) is 6.11. The van der Waals surface area contributed by atoms with Gasteiger partial charge in [0.15, 0.2) is 0 Å². The maximum atomic E-state index is 11.9.